The molecule has 1 aliphatic heterocycles. The van der Waals surface area contributed by atoms with Crippen molar-refractivity contribution in [3.63, 3.8) is 0 Å². The first-order chi connectivity index (χ1) is 17.9. The van der Waals surface area contributed by atoms with E-state index in [1.807, 2.05) is 30.9 Å². The summed E-state index contributed by atoms with van der Waals surface area (Å²) in [7, 11) is 2.06. The Morgan fingerprint density at radius 3 is 2.39 bits per heavy atom. The SMILES string of the molecule is Cn1cncc1[C@@H](NC(C)(C)C)C1=Cc2cccnc2[C@H](N2CCN(C(C)(C)C)CC2)c2ccc(Cl)cc21. The van der Waals surface area contributed by atoms with E-state index in [0.29, 0.717) is 0 Å². The van der Waals surface area contributed by atoms with Crippen LogP contribution in [0.3, 0.4) is 0 Å². The Morgan fingerprint density at radius 1 is 1.03 bits per heavy atom. The monoisotopic (exact) mass is 532 g/mol. The average Bonchev–Trinajstić information content (AvgIpc) is 3.21. The second-order valence-corrected chi connectivity index (χ2v) is 13.1. The van der Waals surface area contributed by atoms with Gasteiger partial charge >= 0.3 is 0 Å². The van der Waals surface area contributed by atoms with Crippen LogP contribution in [0, 0.1) is 0 Å². The Kier molecular flexibility index (Phi) is 7.29. The third kappa shape index (κ3) is 5.46. The molecule has 0 bridgehead atoms. The fraction of sp³-hybridized carbons (Fsp3) is 0.484. The first-order valence-electron chi connectivity index (χ1n) is 13.6. The number of nitrogens with zero attached hydrogens (tertiary/aromatic N) is 5. The van der Waals surface area contributed by atoms with Gasteiger partial charge in [-0.3, -0.25) is 14.8 Å². The quantitative estimate of drug-likeness (QED) is 0.449. The van der Waals surface area contributed by atoms with Gasteiger partial charge in [-0.25, -0.2) is 4.98 Å². The highest BCUT2D eigenvalue weighted by molar-refractivity contribution is 6.30. The van der Waals surface area contributed by atoms with E-state index in [1.165, 1.54) is 16.7 Å². The molecule has 7 heteroatoms. The average molecular weight is 533 g/mol. The van der Waals surface area contributed by atoms with Gasteiger partial charge in [0.1, 0.15) is 0 Å². The number of aryl methyl sites for hydroxylation is 1. The van der Waals surface area contributed by atoms with Crippen LogP contribution in [-0.2, 0) is 7.05 Å². The van der Waals surface area contributed by atoms with Crippen LogP contribution in [0.25, 0.3) is 11.6 Å². The lowest BCUT2D eigenvalue weighted by molar-refractivity contribution is 0.0486. The maximum Gasteiger partial charge on any atom is 0.0946 e. The molecule has 2 aromatic heterocycles. The van der Waals surface area contributed by atoms with Gasteiger partial charge in [-0.15, -0.1) is 0 Å². The Hall–Kier alpha value is -2.51. The third-order valence-electron chi connectivity index (χ3n) is 7.73. The molecule has 38 heavy (non-hydrogen) atoms. The lowest BCUT2D eigenvalue weighted by Crippen LogP contribution is -2.54. The second kappa shape index (κ2) is 10.2. The molecule has 1 aliphatic carbocycles. The number of benzene rings is 1. The number of hydrogen-bond acceptors (Lipinski definition) is 5. The van der Waals surface area contributed by atoms with Crippen LogP contribution < -0.4 is 5.32 Å². The smallest absolute Gasteiger partial charge is 0.0946 e. The summed E-state index contributed by atoms with van der Waals surface area (Å²) in [6.07, 6.45) is 8.08. The van der Waals surface area contributed by atoms with Crippen LogP contribution in [0.1, 0.15) is 81.7 Å². The first kappa shape index (κ1) is 27.1. The fourth-order valence-corrected chi connectivity index (χ4v) is 6.01. The van der Waals surface area contributed by atoms with E-state index in [0.717, 1.165) is 48.2 Å². The summed E-state index contributed by atoms with van der Waals surface area (Å²) in [5, 5.41) is 4.63. The van der Waals surface area contributed by atoms with Crippen LogP contribution in [0.4, 0.5) is 0 Å². The van der Waals surface area contributed by atoms with Gasteiger partial charge in [0.2, 0.25) is 0 Å². The van der Waals surface area contributed by atoms with Crippen molar-refractivity contribution in [1.29, 1.82) is 0 Å². The van der Waals surface area contributed by atoms with E-state index in [1.54, 1.807) is 0 Å². The minimum Gasteiger partial charge on any atom is -0.336 e. The summed E-state index contributed by atoms with van der Waals surface area (Å²) < 4.78 is 2.10. The van der Waals surface area contributed by atoms with Crippen LogP contribution in [-0.4, -0.2) is 61.6 Å². The molecule has 3 aromatic rings. The summed E-state index contributed by atoms with van der Waals surface area (Å²) in [5.74, 6) is 0. The number of halogens is 1. The van der Waals surface area contributed by atoms with Gasteiger partial charge in [0.25, 0.3) is 0 Å². The molecule has 0 amide bonds. The summed E-state index contributed by atoms with van der Waals surface area (Å²) in [4.78, 5) is 14.7. The van der Waals surface area contributed by atoms with E-state index in [2.05, 4.69) is 97.5 Å². The number of rotatable bonds is 4. The molecule has 1 fully saturated rings. The van der Waals surface area contributed by atoms with Crippen molar-refractivity contribution in [3.05, 3.63) is 82.2 Å². The summed E-state index contributed by atoms with van der Waals surface area (Å²) in [6.45, 7) is 17.6. The van der Waals surface area contributed by atoms with E-state index < -0.39 is 0 Å². The van der Waals surface area contributed by atoms with Crippen LogP contribution in [0.5, 0.6) is 0 Å². The van der Waals surface area contributed by atoms with Gasteiger partial charge in [0, 0.05) is 55.5 Å². The van der Waals surface area contributed by atoms with Crippen molar-refractivity contribution in [3.8, 4) is 0 Å². The number of imidazole rings is 1. The highest BCUT2D eigenvalue weighted by Gasteiger charge is 2.37. The Balaban J connectivity index is 1.67. The van der Waals surface area contributed by atoms with E-state index >= 15 is 0 Å². The Labute approximate surface area is 232 Å². The number of pyridine rings is 1. The maximum atomic E-state index is 6.70. The molecule has 2 atom stereocenters. The Bertz CT molecular complexity index is 1320. The van der Waals surface area contributed by atoms with Gasteiger partial charge in [-0.2, -0.15) is 0 Å². The summed E-state index contributed by atoms with van der Waals surface area (Å²) >= 11 is 6.70. The molecular weight excluding hydrogens is 492 g/mol. The van der Waals surface area contributed by atoms with E-state index in [9.17, 15) is 0 Å². The van der Waals surface area contributed by atoms with Crippen molar-refractivity contribution in [2.75, 3.05) is 26.2 Å². The number of fused-ring (bicyclic) bond motifs is 2. The van der Waals surface area contributed by atoms with Gasteiger partial charge in [-0.1, -0.05) is 23.7 Å². The normalized spacial score (nSPS) is 19.9. The minimum absolute atomic E-state index is 0.0520. The molecule has 5 rings (SSSR count). The van der Waals surface area contributed by atoms with E-state index in [-0.39, 0.29) is 23.2 Å². The van der Waals surface area contributed by atoms with Crippen LogP contribution in [0.15, 0.2) is 49.1 Å². The van der Waals surface area contributed by atoms with E-state index in [4.69, 9.17) is 16.6 Å². The molecule has 1 N–H and O–H groups in total. The standard InChI is InChI=1S/C31H41ClN6/c1-30(2,3)35-28(26-19-33-20-36(26)7)25-17-21-9-8-12-34-27(21)29(23-11-10-22(32)18-24(23)25)37-13-15-38(16-14-37)31(4,5)6/h8-12,17-20,28-29,35H,13-16H2,1-7H3/t28-,29+/m0/s1. The zero-order chi connectivity index (χ0) is 27.2. The lowest BCUT2D eigenvalue weighted by Gasteiger charge is -2.45. The molecular formula is C31H41ClN6. The van der Waals surface area contributed by atoms with Crippen molar-refractivity contribution < 1.29 is 0 Å². The lowest BCUT2D eigenvalue weighted by atomic mass is 9.88. The number of hydrogen-bond donors (Lipinski definition) is 1. The molecule has 2 aliphatic rings. The predicted octanol–water partition coefficient (Wildman–Crippen LogP) is 5.96. The molecule has 202 valence electrons. The minimum atomic E-state index is -0.124. The molecule has 0 unspecified atom stereocenters. The molecule has 0 spiro atoms. The number of piperazine rings is 1. The van der Waals surface area contributed by atoms with Gasteiger partial charge in [0.15, 0.2) is 0 Å². The summed E-state index contributed by atoms with van der Waals surface area (Å²) in [5.41, 5.74) is 7.02. The highest BCUT2D eigenvalue weighted by Crippen LogP contribution is 2.44. The number of aromatic nitrogens is 3. The molecule has 1 aromatic carbocycles. The van der Waals surface area contributed by atoms with Crippen molar-refractivity contribution in [1.82, 2.24) is 29.7 Å². The van der Waals surface area contributed by atoms with Gasteiger partial charge < -0.3 is 9.88 Å². The van der Waals surface area contributed by atoms with Crippen molar-refractivity contribution in [2.24, 2.45) is 7.05 Å². The van der Waals surface area contributed by atoms with Gasteiger partial charge in [0.05, 0.1) is 36.0 Å². The molecule has 1 saturated heterocycles. The third-order valence-corrected chi connectivity index (χ3v) is 7.96. The zero-order valence-electron chi connectivity index (χ0n) is 23.8. The fourth-order valence-electron chi connectivity index (χ4n) is 5.84. The maximum absolute atomic E-state index is 6.70. The molecule has 0 radical (unpaired) electrons. The Morgan fingerprint density at radius 2 is 1.76 bits per heavy atom. The zero-order valence-corrected chi connectivity index (χ0v) is 24.5. The van der Waals surface area contributed by atoms with Crippen molar-refractivity contribution in [2.45, 2.75) is 64.7 Å². The number of nitrogens with one attached hydrogen (secondary N) is 1. The molecule has 0 saturated carbocycles. The first-order valence-corrected chi connectivity index (χ1v) is 14.0. The van der Waals surface area contributed by atoms with Gasteiger partial charge in [-0.05, 0) is 88.1 Å². The molecule has 3 heterocycles. The molecule has 6 nitrogen and oxygen atoms in total. The second-order valence-electron chi connectivity index (χ2n) is 12.7. The predicted molar refractivity (Wildman–Crippen MR) is 157 cm³/mol. The largest absolute Gasteiger partial charge is 0.336 e. The highest BCUT2D eigenvalue weighted by atomic mass is 35.5. The van der Waals surface area contributed by atoms with Crippen LogP contribution in [0.2, 0.25) is 5.02 Å². The topological polar surface area (TPSA) is 49.2 Å². The van der Waals surface area contributed by atoms with Crippen molar-refractivity contribution >= 4 is 23.3 Å². The summed E-state index contributed by atoms with van der Waals surface area (Å²) in [6, 6.07) is 10.6. The van der Waals surface area contributed by atoms with Crippen LogP contribution >= 0.6 is 11.6 Å².